The van der Waals surface area contributed by atoms with E-state index in [2.05, 4.69) is 22.8 Å². The van der Waals surface area contributed by atoms with E-state index in [-0.39, 0.29) is 5.69 Å². The molecule has 0 atom stereocenters. The molecule has 0 amide bonds. The second kappa shape index (κ2) is 3.82. The number of ether oxygens (including phenoxy) is 1. The molecule has 0 fully saturated rings. The van der Waals surface area contributed by atoms with Crippen LogP contribution in [-0.2, 0) is 0 Å². The molecule has 2 rings (SSSR count). The van der Waals surface area contributed by atoms with E-state index < -0.39 is 0 Å². The lowest BCUT2D eigenvalue weighted by Gasteiger charge is -2.04. The number of benzene rings is 1. The molecule has 6 heteroatoms. The first kappa shape index (κ1) is 9.85. The van der Waals surface area contributed by atoms with Gasteiger partial charge in [-0.15, -0.1) is 17.7 Å². The second-order valence-corrected chi connectivity index (χ2v) is 3.27. The molecule has 0 aliphatic carbocycles. The van der Waals surface area contributed by atoms with Crippen LogP contribution in [0, 0.1) is 0 Å². The third-order valence-corrected chi connectivity index (χ3v) is 2.27. The van der Waals surface area contributed by atoms with Crippen LogP contribution in [0.4, 0.5) is 0 Å². The Morgan fingerprint density at radius 1 is 1.53 bits per heavy atom. The van der Waals surface area contributed by atoms with Crippen molar-refractivity contribution in [3.63, 3.8) is 0 Å². The number of hydrogen-bond donors (Lipinski definition) is 2. The average Bonchev–Trinajstić information content (AvgIpc) is 2.59. The third-order valence-electron chi connectivity index (χ3n) is 1.97. The number of hydrogen-bond acceptors (Lipinski definition) is 4. The van der Waals surface area contributed by atoms with Gasteiger partial charge in [0.15, 0.2) is 5.16 Å². The molecule has 0 unspecified atom stereocenters. The maximum Gasteiger partial charge on any atom is 0.348 e. The number of rotatable bonds is 2. The minimum absolute atomic E-state index is 0.313. The highest BCUT2D eigenvalue weighted by atomic mass is 32.1. The number of H-pyrrole nitrogens is 1. The zero-order chi connectivity index (χ0) is 10.8. The molecule has 1 N–H and O–H groups in total. The lowest BCUT2D eigenvalue weighted by Crippen LogP contribution is -2.15. The summed E-state index contributed by atoms with van der Waals surface area (Å²) in [6.07, 6.45) is 0. The van der Waals surface area contributed by atoms with Gasteiger partial charge in [-0.2, -0.15) is 0 Å². The summed E-state index contributed by atoms with van der Waals surface area (Å²) in [6.45, 7) is 0. The van der Waals surface area contributed by atoms with Crippen LogP contribution in [0.15, 0.2) is 34.2 Å². The van der Waals surface area contributed by atoms with Crippen molar-refractivity contribution < 1.29 is 4.74 Å². The molecule has 0 saturated heterocycles. The van der Waals surface area contributed by atoms with Crippen LogP contribution in [0.2, 0.25) is 0 Å². The topological polar surface area (TPSA) is 59.9 Å². The molecule has 0 bridgehead atoms. The number of aromatic amines is 1. The van der Waals surface area contributed by atoms with Crippen LogP contribution >= 0.6 is 12.6 Å². The fraction of sp³-hybridized carbons (Fsp3) is 0.111. The summed E-state index contributed by atoms with van der Waals surface area (Å²) in [5, 5.41) is 6.32. The van der Waals surface area contributed by atoms with E-state index in [0.717, 1.165) is 0 Å². The Hall–Kier alpha value is -1.69. The maximum absolute atomic E-state index is 11.4. The van der Waals surface area contributed by atoms with E-state index in [1.807, 2.05) is 0 Å². The number of nitrogens with zero attached hydrogens (tertiary/aromatic N) is 2. The molecule has 1 aromatic heterocycles. The normalized spacial score (nSPS) is 10.3. The molecule has 2 aromatic rings. The van der Waals surface area contributed by atoms with Crippen LogP contribution in [0.3, 0.4) is 0 Å². The SMILES string of the molecule is COc1cccc(-n2c(S)n[nH]c2=O)c1. The third kappa shape index (κ3) is 1.75. The molecule has 1 heterocycles. The van der Waals surface area contributed by atoms with Crippen molar-refractivity contribution in [1.82, 2.24) is 14.8 Å². The molecular weight excluding hydrogens is 214 g/mol. The summed E-state index contributed by atoms with van der Waals surface area (Å²) < 4.78 is 6.41. The van der Waals surface area contributed by atoms with Gasteiger partial charge in [0, 0.05) is 6.07 Å². The minimum atomic E-state index is -0.326. The summed E-state index contributed by atoms with van der Waals surface area (Å²) in [7, 11) is 1.57. The summed E-state index contributed by atoms with van der Waals surface area (Å²) >= 11 is 4.07. The Bertz CT molecular complexity index is 532. The van der Waals surface area contributed by atoms with Crippen molar-refractivity contribution >= 4 is 12.6 Å². The largest absolute Gasteiger partial charge is 0.497 e. The lowest BCUT2D eigenvalue weighted by atomic mass is 10.3. The summed E-state index contributed by atoms with van der Waals surface area (Å²) in [5.74, 6) is 0.674. The highest BCUT2D eigenvalue weighted by Crippen LogP contribution is 2.16. The van der Waals surface area contributed by atoms with Gasteiger partial charge in [0.25, 0.3) is 0 Å². The van der Waals surface area contributed by atoms with E-state index in [9.17, 15) is 4.79 Å². The molecule has 0 aliphatic heterocycles. The highest BCUT2D eigenvalue weighted by molar-refractivity contribution is 7.80. The zero-order valence-electron chi connectivity index (χ0n) is 7.97. The monoisotopic (exact) mass is 223 g/mol. The van der Waals surface area contributed by atoms with Gasteiger partial charge in [-0.1, -0.05) is 6.07 Å². The molecule has 78 valence electrons. The molecule has 0 aliphatic rings. The van der Waals surface area contributed by atoms with Gasteiger partial charge in [0.05, 0.1) is 12.8 Å². The Kier molecular flexibility index (Phi) is 2.51. The molecular formula is C9H9N3O2S. The molecule has 0 saturated carbocycles. The standard InChI is InChI=1S/C9H9N3O2S/c1-14-7-4-2-3-6(5-7)12-8(13)10-11-9(12)15/h2-5H,1H3,(H,10,13)(H,11,15). The van der Waals surface area contributed by atoms with Crippen molar-refractivity contribution in [3.05, 3.63) is 34.7 Å². The molecule has 5 nitrogen and oxygen atoms in total. The number of nitrogens with one attached hydrogen (secondary N) is 1. The van der Waals surface area contributed by atoms with Gasteiger partial charge in [0.1, 0.15) is 5.75 Å². The van der Waals surface area contributed by atoms with Crippen molar-refractivity contribution in [2.75, 3.05) is 7.11 Å². The predicted molar refractivity (Wildman–Crippen MR) is 58.0 cm³/mol. The highest BCUT2D eigenvalue weighted by Gasteiger charge is 2.07. The van der Waals surface area contributed by atoms with Gasteiger partial charge in [-0.05, 0) is 12.1 Å². The van der Waals surface area contributed by atoms with E-state index in [4.69, 9.17) is 4.74 Å². The Balaban J connectivity index is 2.59. The molecule has 0 radical (unpaired) electrons. The average molecular weight is 223 g/mol. The van der Waals surface area contributed by atoms with Crippen LogP contribution in [0.1, 0.15) is 0 Å². The summed E-state index contributed by atoms with van der Waals surface area (Å²) in [4.78, 5) is 11.4. The first-order valence-electron chi connectivity index (χ1n) is 4.23. The summed E-state index contributed by atoms with van der Waals surface area (Å²) in [6, 6.07) is 7.10. The van der Waals surface area contributed by atoms with Gasteiger partial charge < -0.3 is 4.74 Å². The molecule has 0 spiro atoms. The van der Waals surface area contributed by atoms with E-state index in [1.54, 1.807) is 31.4 Å². The van der Waals surface area contributed by atoms with E-state index in [1.165, 1.54) is 4.57 Å². The lowest BCUT2D eigenvalue weighted by molar-refractivity contribution is 0.414. The first-order chi connectivity index (χ1) is 7.22. The quantitative estimate of drug-likeness (QED) is 0.742. The Morgan fingerprint density at radius 3 is 2.93 bits per heavy atom. The molecule has 15 heavy (non-hydrogen) atoms. The van der Waals surface area contributed by atoms with Crippen molar-refractivity contribution in [2.24, 2.45) is 0 Å². The summed E-state index contributed by atoms with van der Waals surface area (Å²) in [5.41, 5.74) is 0.339. The zero-order valence-corrected chi connectivity index (χ0v) is 8.86. The number of methoxy groups -OCH3 is 1. The first-order valence-corrected chi connectivity index (χ1v) is 4.68. The fourth-order valence-electron chi connectivity index (χ4n) is 1.27. The van der Waals surface area contributed by atoms with Crippen molar-refractivity contribution in [3.8, 4) is 11.4 Å². The van der Waals surface area contributed by atoms with Crippen LogP contribution in [-0.4, -0.2) is 21.9 Å². The van der Waals surface area contributed by atoms with Crippen molar-refractivity contribution in [1.29, 1.82) is 0 Å². The van der Waals surface area contributed by atoms with Crippen molar-refractivity contribution in [2.45, 2.75) is 5.16 Å². The van der Waals surface area contributed by atoms with E-state index >= 15 is 0 Å². The number of thiol groups is 1. The predicted octanol–water partition coefficient (Wildman–Crippen LogP) is 0.858. The number of aromatic nitrogens is 3. The van der Waals surface area contributed by atoms with Gasteiger partial charge in [-0.25, -0.2) is 14.5 Å². The fourth-order valence-corrected chi connectivity index (χ4v) is 1.53. The Labute approximate surface area is 91.1 Å². The van der Waals surface area contributed by atoms with Crippen LogP contribution in [0.5, 0.6) is 5.75 Å². The minimum Gasteiger partial charge on any atom is -0.497 e. The van der Waals surface area contributed by atoms with Crippen LogP contribution < -0.4 is 10.4 Å². The second-order valence-electron chi connectivity index (χ2n) is 2.87. The van der Waals surface area contributed by atoms with Gasteiger partial charge in [0.2, 0.25) is 0 Å². The smallest absolute Gasteiger partial charge is 0.348 e. The Morgan fingerprint density at radius 2 is 2.33 bits per heavy atom. The van der Waals surface area contributed by atoms with Gasteiger partial charge in [-0.3, -0.25) is 0 Å². The molecule has 1 aromatic carbocycles. The maximum atomic E-state index is 11.4. The van der Waals surface area contributed by atoms with Crippen LogP contribution in [0.25, 0.3) is 5.69 Å². The van der Waals surface area contributed by atoms with E-state index in [0.29, 0.717) is 16.6 Å². The van der Waals surface area contributed by atoms with Gasteiger partial charge >= 0.3 is 5.69 Å².